The van der Waals surface area contributed by atoms with Crippen LogP contribution in [0.1, 0.15) is 19.3 Å². The van der Waals surface area contributed by atoms with Crippen molar-refractivity contribution in [3.05, 3.63) is 0 Å². The number of urea groups is 1. The van der Waals surface area contributed by atoms with Gasteiger partial charge in [0.05, 0.1) is 25.7 Å². The second-order valence-electron chi connectivity index (χ2n) is 4.40. The summed E-state index contributed by atoms with van der Waals surface area (Å²) >= 11 is 0. The average molecular weight is 306 g/mol. The van der Waals surface area contributed by atoms with E-state index in [2.05, 4.69) is 10.6 Å². The Kier molecular flexibility index (Phi) is 12.7. The highest BCUT2D eigenvalue weighted by Gasteiger charge is 2.13. The van der Waals surface area contributed by atoms with Crippen LogP contribution in [-0.4, -0.2) is 70.3 Å². The highest BCUT2D eigenvalue weighted by atomic mass is 16.5. The van der Waals surface area contributed by atoms with Crippen molar-refractivity contribution in [1.29, 1.82) is 0 Å². The van der Waals surface area contributed by atoms with Crippen molar-refractivity contribution in [3.8, 4) is 0 Å². The summed E-state index contributed by atoms with van der Waals surface area (Å²) in [6, 6.07) is -0.331. The molecule has 0 spiro atoms. The molecule has 0 heterocycles. The Hall–Kier alpha value is -1.38. The maximum absolute atomic E-state index is 11.5. The second-order valence-corrected chi connectivity index (χ2v) is 4.40. The SMILES string of the molecule is COCCOCCCCNC(=O)NCC(CC(=O)O)OC. The normalized spacial score (nSPS) is 11.9. The number of aliphatic carboxylic acids is 1. The van der Waals surface area contributed by atoms with Crippen LogP contribution in [-0.2, 0) is 19.0 Å². The zero-order valence-electron chi connectivity index (χ0n) is 12.7. The summed E-state index contributed by atoms with van der Waals surface area (Å²) in [4.78, 5) is 22.0. The fourth-order valence-electron chi connectivity index (χ4n) is 1.48. The number of hydrogen-bond acceptors (Lipinski definition) is 5. The number of rotatable bonds is 13. The van der Waals surface area contributed by atoms with Crippen LogP contribution in [0.15, 0.2) is 0 Å². The molecule has 1 unspecified atom stereocenters. The van der Waals surface area contributed by atoms with Crippen LogP contribution in [0.2, 0.25) is 0 Å². The summed E-state index contributed by atoms with van der Waals surface area (Å²) in [6.07, 6.45) is 0.991. The van der Waals surface area contributed by atoms with Gasteiger partial charge in [0.15, 0.2) is 0 Å². The minimum Gasteiger partial charge on any atom is -0.481 e. The van der Waals surface area contributed by atoms with Crippen molar-refractivity contribution in [2.45, 2.75) is 25.4 Å². The second kappa shape index (κ2) is 13.6. The third-order valence-electron chi connectivity index (χ3n) is 2.66. The molecule has 0 aromatic heterocycles. The smallest absolute Gasteiger partial charge is 0.314 e. The van der Waals surface area contributed by atoms with Gasteiger partial charge in [0, 0.05) is 33.9 Å². The summed E-state index contributed by atoms with van der Waals surface area (Å²) in [7, 11) is 3.03. The molecule has 3 N–H and O–H groups in total. The van der Waals surface area contributed by atoms with Gasteiger partial charge < -0.3 is 30.0 Å². The van der Waals surface area contributed by atoms with E-state index < -0.39 is 12.1 Å². The maximum atomic E-state index is 11.5. The van der Waals surface area contributed by atoms with Crippen molar-refractivity contribution >= 4 is 12.0 Å². The lowest BCUT2D eigenvalue weighted by molar-refractivity contribution is -0.139. The molecule has 0 aliphatic carbocycles. The minimum absolute atomic E-state index is 0.143. The Morgan fingerprint density at radius 1 is 1.10 bits per heavy atom. The number of carboxylic acids is 1. The van der Waals surface area contributed by atoms with E-state index in [4.69, 9.17) is 19.3 Å². The highest BCUT2D eigenvalue weighted by molar-refractivity contribution is 5.74. The monoisotopic (exact) mass is 306 g/mol. The predicted octanol–water partition coefficient (Wildman–Crippen LogP) is 0.219. The van der Waals surface area contributed by atoms with E-state index in [9.17, 15) is 9.59 Å². The molecule has 8 heteroatoms. The standard InChI is InChI=1S/C13H26N2O6/c1-19-7-8-21-6-4-3-5-14-13(18)15-10-11(20-2)9-12(16)17/h11H,3-10H2,1-2H3,(H,16,17)(H2,14,15,18). The summed E-state index contributed by atoms with van der Waals surface area (Å²) in [5, 5.41) is 13.9. The Balaban J connectivity index is 3.47. The van der Waals surface area contributed by atoms with Gasteiger partial charge in [-0.1, -0.05) is 0 Å². The molecule has 0 aliphatic rings. The van der Waals surface area contributed by atoms with Gasteiger partial charge >= 0.3 is 12.0 Å². The summed E-state index contributed by atoms with van der Waals surface area (Å²) in [5.74, 6) is -0.961. The van der Waals surface area contributed by atoms with E-state index in [0.29, 0.717) is 26.4 Å². The van der Waals surface area contributed by atoms with E-state index in [1.165, 1.54) is 7.11 Å². The number of hydrogen-bond donors (Lipinski definition) is 3. The first-order valence-electron chi connectivity index (χ1n) is 6.93. The van der Waals surface area contributed by atoms with Gasteiger partial charge in [-0.05, 0) is 12.8 Å². The first kappa shape index (κ1) is 19.6. The molecule has 8 nitrogen and oxygen atoms in total. The fourth-order valence-corrected chi connectivity index (χ4v) is 1.48. The summed E-state index contributed by atoms with van der Waals surface area (Å²) in [6.45, 7) is 2.49. The molecule has 21 heavy (non-hydrogen) atoms. The van der Waals surface area contributed by atoms with Crippen molar-refractivity contribution in [2.75, 3.05) is 47.1 Å². The van der Waals surface area contributed by atoms with Gasteiger partial charge in [-0.15, -0.1) is 0 Å². The van der Waals surface area contributed by atoms with Gasteiger partial charge in [0.1, 0.15) is 0 Å². The number of unbranched alkanes of at least 4 members (excludes halogenated alkanes) is 1. The van der Waals surface area contributed by atoms with Crippen LogP contribution in [0, 0.1) is 0 Å². The Bertz CT molecular complexity index is 288. The highest BCUT2D eigenvalue weighted by Crippen LogP contribution is 1.95. The van der Waals surface area contributed by atoms with Gasteiger partial charge in [-0.25, -0.2) is 4.79 Å². The molecule has 2 amide bonds. The van der Waals surface area contributed by atoms with E-state index in [1.54, 1.807) is 7.11 Å². The van der Waals surface area contributed by atoms with Crippen LogP contribution in [0.3, 0.4) is 0 Å². The number of nitrogens with one attached hydrogen (secondary N) is 2. The average Bonchev–Trinajstić information content (AvgIpc) is 2.45. The molecule has 0 radical (unpaired) electrons. The van der Waals surface area contributed by atoms with Gasteiger partial charge in [-0.2, -0.15) is 0 Å². The topological polar surface area (TPSA) is 106 Å². The lowest BCUT2D eigenvalue weighted by atomic mass is 10.2. The first-order chi connectivity index (χ1) is 10.1. The summed E-state index contributed by atoms with van der Waals surface area (Å²) in [5.41, 5.74) is 0. The van der Waals surface area contributed by atoms with Crippen LogP contribution in [0.5, 0.6) is 0 Å². The van der Waals surface area contributed by atoms with Crippen molar-refractivity contribution in [3.63, 3.8) is 0 Å². The zero-order chi connectivity index (χ0) is 15.9. The lowest BCUT2D eigenvalue weighted by Crippen LogP contribution is -2.41. The molecule has 0 aromatic rings. The predicted molar refractivity (Wildman–Crippen MR) is 76.4 cm³/mol. The number of carbonyl (C=O) groups excluding carboxylic acids is 1. The number of carbonyl (C=O) groups is 2. The van der Waals surface area contributed by atoms with Crippen LogP contribution >= 0.6 is 0 Å². The van der Waals surface area contributed by atoms with Crippen molar-refractivity contribution in [1.82, 2.24) is 10.6 Å². The number of methoxy groups -OCH3 is 2. The van der Waals surface area contributed by atoms with Crippen LogP contribution in [0.25, 0.3) is 0 Å². The van der Waals surface area contributed by atoms with E-state index >= 15 is 0 Å². The fraction of sp³-hybridized carbons (Fsp3) is 0.846. The molecule has 0 aromatic carbocycles. The summed E-state index contributed by atoms with van der Waals surface area (Å²) < 4.78 is 15.1. The number of amides is 2. The molecule has 0 saturated heterocycles. The lowest BCUT2D eigenvalue weighted by Gasteiger charge is -2.14. The minimum atomic E-state index is -0.961. The molecule has 0 fully saturated rings. The Morgan fingerprint density at radius 2 is 1.86 bits per heavy atom. The van der Waals surface area contributed by atoms with Gasteiger partial charge in [-0.3, -0.25) is 4.79 Å². The van der Waals surface area contributed by atoms with E-state index in [-0.39, 0.29) is 19.0 Å². The van der Waals surface area contributed by atoms with E-state index in [0.717, 1.165) is 12.8 Å². The third-order valence-corrected chi connectivity index (χ3v) is 2.66. The largest absolute Gasteiger partial charge is 0.481 e. The molecule has 0 bridgehead atoms. The quantitative estimate of drug-likeness (QED) is 0.420. The van der Waals surface area contributed by atoms with Crippen LogP contribution in [0.4, 0.5) is 4.79 Å². The van der Waals surface area contributed by atoms with Gasteiger partial charge in [0.25, 0.3) is 0 Å². The number of carboxylic acid groups (broad SMARTS) is 1. The maximum Gasteiger partial charge on any atom is 0.314 e. The molecule has 0 rings (SSSR count). The molecular weight excluding hydrogens is 280 g/mol. The molecule has 124 valence electrons. The molecule has 0 aliphatic heterocycles. The first-order valence-corrected chi connectivity index (χ1v) is 6.93. The Labute approximate surface area is 125 Å². The van der Waals surface area contributed by atoms with Crippen molar-refractivity contribution < 1.29 is 28.9 Å². The molecule has 0 saturated carbocycles. The number of ether oxygens (including phenoxy) is 3. The molecule has 1 atom stereocenters. The van der Waals surface area contributed by atoms with Gasteiger partial charge in [0.2, 0.25) is 0 Å². The van der Waals surface area contributed by atoms with E-state index in [1.807, 2.05) is 0 Å². The van der Waals surface area contributed by atoms with Crippen molar-refractivity contribution in [2.24, 2.45) is 0 Å². The van der Waals surface area contributed by atoms with Crippen LogP contribution < -0.4 is 10.6 Å². The molecular formula is C13H26N2O6. The Morgan fingerprint density at radius 3 is 2.48 bits per heavy atom. The zero-order valence-corrected chi connectivity index (χ0v) is 12.7. The third kappa shape index (κ3) is 13.4.